The van der Waals surface area contributed by atoms with E-state index in [9.17, 15) is 4.79 Å². The van der Waals surface area contributed by atoms with Gasteiger partial charge in [0.05, 0.1) is 0 Å². The molecule has 1 aromatic rings. The largest absolute Gasteiger partial charge is 0.357 e. The zero-order chi connectivity index (χ0) is 13.0. The molecule has 2 N–H and O–H groups in total. The normalized spacial score (nSPS) is 20.2. The lowest BCUT2D eigenvalue weighted by Gasteiger charge is -2.12. The number of allylic oxidation sites excluding steroid dienone is 1. The molecule has 18 heavy (non-hydrogen) atoms. The smallest absolute Gasteiger partial charge is 0.189 e. The molecule has 2 rings (SSSR count). The van der Waals surface area contributed by atoms with Gasteiger partial charge in [0.25, 0.3) is 0 Å². The van der Waals surface area contributed by atoms with Gasteiger partial charge in [-0.3, -0.25) is 4.79 Å². The van der Waals surface area contributed by atoms with Gasteiger partial charge in [0.2, 0.25) is 0 Å². The molecule has 0 spiro atoms. The second-order valence-corrected chi connectivity index (χ2v) is 4.89. The van der Waals surface area contributed by atoms with Crippen molar-refractivity contribution < 1.29 is 0 Å². The molecule has 3 nitrogen and oxygen atoms in total. The van der Waals surface area contributed by atoms with Gasteiger partial charge in [0.1, 0.15) is 0 Å². The van der Waals surface area contributed by atoms with Crippen LogP contribution in [0.15, 0.2) is 21.9 Å². The molecule has 0 aromatic carbocycles. The number of aromatic amines is 1. The van der Waals surface area contributed by atoms with Crippen LogP contribution < -0.4 is 10.7 Å². The van der Waals surface area contributed by atoms with Crippen LogP contribution in [0.2, 0.25) is 0 Å². The number of aromatic nitrogens is 1. The topological polar surface area (TPSA) is 44.9 Å². The molecule has 2 heterocycles. The highest BCUT2D eigenvalue weighted by Gasteiger charge is 2.18. The Labute approximate surface area is 115 Å². The number of hydrogen-bond donors (Lipinski definition) is 2. The van der Waals surface area contributed by atoms with Crippen LogP contribution in [0.1, 0.15) is 42.8 Å². The summed E-state index contributed by atoms with van der Waals surface area (Å²) in [5, 5.41) is 3.40. The van der Waals surface area contributed by atoms with Crippen molar-refractivity contribution in [2.24, 2.45) is 0 Å². The molecule has 1 aliphatic heterocycles. The van der Waals surface area contributed by atoms with E-state index in [1.165, 1.54) is 0 Å². The van der Waals surface area contributed by atoms with Crippen LogP contribution in [0.3, 0.4) is 0 Å². The standard InChI is InChI=1S/C14H17BrN2O/c1-2-4-11-10(6-7-15)14(18)9-13(17-11)12-5-3-8-16-12/h2,4,6-7,9,12,16H,3,5,8H2,1H3,(H,17,18)/b4-2-,7-6?. The summed E-state index contributed by atoms with van der Waals surface area (Å²) >= 11 is 3.22. The van der Waals surface area contributed by atoms with E-state index in [0.29, 0.717) is 5.56 Å². The number of rotatable bonds is 3. The van der Waals surface area contributed by atoms with Gasteiger partial charge in [0.15, 0.2) is 5.43 Å². The van der Waals surface area contributed by atoms with E-state index in [2.05, 4.69) is 26.2 Å². The van der Waals surface area contributed by atoms with Crippen LogP contribution in [0.4, 0.5) is 0 Å². The van der Waals surface area contributed by atoms with Gasteiger partial charge >= 0.3 is 0 Å². The van der Waals surface area contributed by atoms with Gasteiger partial charge in [-0.05, 0) is 43.4 Å². The molecule has 1 unspecified atom stereocenters. The molecule has 0 amide bonds. The molecule has 1 aliphatic rings. The quantitative estimate of drug-likeness (QED) is 0.900. The highest BCUT2D eigenvalue weighted by molar-refractivity contribution is 9.11. The fraction of sp³-hybridized carbons (Fsp3) is 0.357. The second-order valence-electron chi connectivity index (χ2n) is 4.36. The maximum absolute atomic E-state index is 12.1. The van der Waals surface area contributed by atoms with E-state index in [0.717, 1.165) is 30.8 Å². The number of pyridine rings is 1. The molecular weight excluding hydrogens is 292 g/mol. The van der Waals surface area contributed by atoms with Gasteiger partial charge < -0.3 is 10.3 Å². The Hall–Kier alpha value is -1.13. The summed E-state index contributed by atoms with van der Waals surface area (Å²) in [6.07, 6.45) is 7.89. The highest BCUT2D eigenvalue weighted by atomic mass is 79.9. The number of nitrogens with one attached hydrogen (secondary N) is 2. The molecule has 0 saturated carbocycles. The first-order chi connectivity index (χ1) is 8.76. The van der Waals surface area contributed by atoms with Crippen molar-refractivity contribution in [2.45, 2.75) is 25.8 Å². The van der Waals surface area contributed by atoms with Crippen molar-refractivity contribution in [1.29, 1.82) is 0 Å². The Morgan fingerprint density at radius 1 is 1.44 bits per heavy atom. The summed E-state index contributed by atoms with van der Waals surface area (Å²) in [6.45, 7) is 2.97. The average Bonchev–Trinajstić information content (AvgIpc) is 2.87. The van der Waals surface area contributed by atoms with Crippen LogP contribution >= 0.6 is 15.9 Å². The van der Waals surface area contributed by atoms with E-state index < -0.39 is 0 Å². The van der Waals surface area contributed by atoms with Crippen molar-refractivity contribution in [2.75, 3.05) is 6.54 Å². The van der Waals surface area contributed by atoms with E-state index in [4.69, 9.17) is 0 Å². The van der Waals surface area contributed by atoms with Gasteiger partial charge in [0, 0.05) is 29.1 Å². The molecule has 1 saturated heterocycles. The third-order valence-corrected chi connectivity index (χ3v) is 3.38. The minimum atomic E-state index is 0.0567. The average molecular weight is 309 g/mol. The molecule has 1 fully saturated rings. The summed E-state index contributed by atoms with van der Waals surface area (Å²) in [7, 11) is 0. The van der Waals surface area contributed by atoms with Crippen LogP contribution in [-0.2, 0) is 0 Å². The maximum atomic E-state index is 12.1. The Balaban J connectivity index is 2.49. The first-order valence-corrected chi connectivity index (χ1v) is 7.08. The SMILES string of the molecule is C/C=C\c1[nH]c(C2CCCN2)cc(=O)c1C=CBr. The monoisotopic (exact) mass is 308 g/mol. The minimum Gasteiger partial charge on any atom is -0.357 e. The summed E-state index contributed by atoms with van der Waals surface area (Å²) in [5.74, 6) is 0. The summed E-state index contributed by atoms with van der Waals surface area (Å²) in [5.41, 5.74) is 2.59. The van der Waals surface area contributed by atoms with Crippen molar-refractivity contribution in [3.8, 4) is 0 Å². The molecule has 1 atom stereocenters. The predicted octanol–water partition coefficient (Wildman–Crippen LogP) is 3.20. The molecule has 4 heteroatoms. The molecule has 1 aromatic heterocycles. The zero-order valence-corrected chi connectivity index (χ0v) is 12.0. The van der Waals surface area contributed by atoms with Gasteiger partial charge in [-0.15, -0.1) is 0 Å². The summed E-state index contributed by atoms with van der Waals surface area (Å²) < 4.78 is 0. The van der Waals surface area contributed by atoms with Gasteiger partial charge in [-0.2, -0.15) is 0 Å². The van der Waals surface area contributed by atoms with E-state index in [1.807, 2.05) is 19.1 Å². The molecule has 96 valence electrons. The summed E-state index contributed by atoms with van der Waals surface area (Å²) in [4.78, 5) is 17.2. The first-order valence-electron chi connectivity index (χ1n) is 6.16. The third-order valence-electron chi connectivity index (χ3n) is 3.12. The summed E-state index contributed by atoms with van der Waals surface area (Å²) in [6, 6.07) is 1.99. The molecule has 0 radical (unpaired) electrons. The molecule has 0 aliphatic carbocycles. The zero-order valence-electron chi connectivity index (χ0n) is 10.4. The Bertz CT molecular complexity index is 525. The Morgan fingerprint density at radius 3 is 2.89 bits per heavy atom. The van der Waals surface area contributed by atoms with Crippen molar-refractivity contribution >= 4 is 28.1 Å². The van der Waals surface area contributed by atoms with E-state index in [1.54, 1.807) is 17.1 Å². The lowest BCUT2D eigenvalue weighted by Crippen LogP contribution is -2.19. The molecule has 0 bridgehead atoms. The van der Waals surface area contributed by atoms with Crippen molar-refractivity contribution in [3.63, 3.8) is 0 Å². The fourth-order valence-electron chi connectivity index (χ4n) is 2.28. The Kier molecular flexibility index (Phi) is 4.55. The number of hydrogen-bond acceptors (Lipinski definition) is 2. The van der Waals surface area contributed by atoms with Crippen LogP contribution in [0, 0.1) is 0 Å². The highest BCUT2D eigenvalue weighted by Crippen LogP contribution is 2.21. The van der Waals surface area contributed by atoms with Crippen LogP contribution in [0.25, 0.3) is 12.2 Å². The fourth-order valence-corrected chi connectivity index (χ4v) is 2.55. The minimum absolute atomic E-state index is 0.0567. The third kappa shape index (κ3) is 2.82. The maximum Gasteiger partial charge on any atom is 0.189 e. The second kappa shape index (κ2) is 6.16. The molecular formula is C14H17BrN2O. The Morgan fingerprint density at radius 2 is 2.28 bits per heavy atom. The van der Waals surface area contributed by atoms with E-state index in [-0.39, 0.29) is 11.5 Å². The number of H-pyrrole nitrogens is 1. The lowest BCUT2D eigenvalue weighted by molar-refractivity contribution is 0.626. The van der Waals surface area contributed by atoms with Gasteiger partial charge in [-0.1, -0.05) is 22.0 Å². The van der Waals surface area contributed by atoms with E-state index >= 15 is 0 Å². The van der Waals surface area contributed by atoms with Gasteiger partial charge in [-0.25, -0.2) is 0 Å². The lowest BCUT2D eigenvalue weighted by atomic mass is 10.1. The first kappa shape index (κ1) is 13.3. The predicted molar refractivity (Wildman–Crippen MR) is 79.7 cm³/mol. The van der Waals surface area contributed by atoms with Crippen molar-refractivity contribution in [3.05, 3.63) is 44.3 Å². The van der Waals surface area contributed by atoms with Crippen LogP contribution in [-0.4, -0.2) is 11.5 Å². The van der Waals surface area contributed by atoms with Crippen LogP contribution in [0.5, 0.6) is 0 Å². The number of halogens is 1. The van der Waals surface area contributed by atoms with Crippen molar-refractivity contribution in [1.82, 2.24) is 10.3 Å².